The van der Waals surface area contributed by atoms with Crippen molar-refractivity contribution >= 4 is 16.7 Å². The number of aromatic nitrogens is 2. The predicted octanol–water partition coefficient (Wildman–Crippen LogP) is 1.48. The summed E-state index contributed by atoms with van der Waals surface area (Å²) in [6, 6.07) is 1.85. The van der Waals surface area contributed by atoms with Gasteiger partial charge in [-0.2, -0.15) is 0 Å². The Morgan fingerprint density at radius 2 is 2.10 bits per heavy atom. The van der Waals surface area contributed by atoms with Gasteiger partial charge < -0.3 is 5.11 Å². The van der Waals surface area contributed by atoms with Gasteiger partial charge in [-0.05, 0) is 26.3 Å². The van der Waals surface area contributed by atoms with Crippen LogP contribution < -0.4 is 10.9 Å². The summed E-state index contributed by atoms with van der Waals surface area (Å²) in [6.45, 7) is 3.84. The Morgan fingerprint density at radius 1 is 1.35 bits per heavy atom. The Hall–Kier alpha value is -1.95. The third-order valence-corrected chi connectivity index (χ3v) is 4.88. The fraction of sp³-hybridized carbons (Fsp3) is 0.286. The summed E-state index contributed by atoms with van der Waals surface area (Å²) >= 11 is 1.45. The summed E-state index contributed by atoms with van der Waals surface area (Å²) in [7, 11) is 0. The van der Waals surface area contributed by atoms with E-state index in [1.54, 1.807) is 6.20 Å². The molecule has 0 fully saturated rings. The monoisotopic (exact) mass is 288 g/mol. The maximum absolute atomic E-state index is 11.5. The zero-order valence-electron chi connectivity index (χ0n) is 11.0. The lowest BCUT2D eigenvalue weighted by molar-refractivity contribution is 0.461. The van der Waals surface area contributed by atoms with E-state index in [1.165, 1.54) is 11.8 Å². The van der Waals surface area contributed by atoms with Crippen molar-refractivity contribution in [2.24, 2.45) is 0 Å². The first-order valence-corrected chi connectivity index (χ1v) is 6.96. The van der Waals surface area contributed by atoms with E-state index in [2.05, 4.69) is 9.97 Å². The molecule has 2 aromatic rings. The van der Waals surface area contributed by atoms with Crippen LogP contribution in [-0.4, -0.2) is 15.1 Å². The van der Waals surface area contributed by atoms with Crippen molar-refractivity contribution in [2.75, 3.05) is 0 Å². The maximum Gasteiger partial charge on any atom is 0.268 e. The minimum absolute atomic E-state index is 0.148. The number of allylic oxidation sites excluding steroid dienone is 1. The molecular formula is C14H12N2O3S. The van der Waals surface area contributed by atoms with Crippen LogP contribution in [0.5, 0.6) is 5.75 Å². The normalized spacial score (nSPS) is 22.2. The van der Waals surface area contributed by atoms with E-state index in [-0.39, 0.29) is 10.3 Å². The Labute approximate surface area is 119 Å². The van der Waals surface area contributed by atoms with Gasteiger partial charge in [-0.1, -0.05) is 6.08 Å². The molecule has 1 aliphatic heterocycles. The smallest absolute Gasteiger partial charge is 0.268 e. The third-order valence-electron chi connectivity index (χ3n) is 3.46. The second kappa shape index (κ2) is 4.28. The molecule has 0 saturated heterocycles. The number of aromatic hydroxyl groups is 1. The van der Waals surface area contributed by atoms with Gasteiger partial charge in [0.25, 0.3) is 5.43 Å². The van der Waals surface area contributed by atoms with Gasteiger partial charge in [-0.15, -0.1) is 11.8 Å². The van der Waals surface area contributed by atoms with E-state index < -0.39 is 16.6 Å². The van der Waals surface area contributed by atoms with Crippen LogP contribution in [0.3, 0.4) is 0 Å². The standard InChI is InChI=1S/C14H12N2O3S/c1-7-15-6-4-9(16-7)14(2)5-3-8(20-14)10-11(17)13(19)12(10)18/h3-4,6,17H,5H2,1-2H3. The lowest BCUT2D eigenvalue weighted by Gasteiger charge is -2.23. The molecule has 1 unspecified atom stereocenters. The van der Waals surface area contributed by atoms with Gasteiger partial charge in [-0.3, -0.25) is 9.59 Å². The third kappa shape index (κ3) is 1.79. The van der Waals surface area contributed by atoms with E-state index in [4.69, 9.17) is 0 Å². The number of hydrogen-bond acceptors (Lipinski definition) is 6. The van der Waals surface area contributed by atoms with Crippen LogP contribution in [0.25, 0.3) is 4.91 Å². The lowest BCUT2D eigenvalue weighted by atomic mass is 10.0. The summed E-state index contributed by atoms with van der Waals surface area (Å²) in [4.78, 5) is 31.8. The van der Waals surface area contributed by atoms with Crippen LogP contribution in [0.4, 0.5) is 0 Å². The molecule has 20 heavy (non-hydrogen) atoms. The molecule has 0 bridgehead atoms. The van der Waals surface area contributed by atoms with Crippen LogP contribution in [0.1, 0.15) is 30.4 Å². The van der Waals surface area contributed by atoms with E-state index in [0.717, 1.165) is 5.69 Å². The molecule has 1 aromatic heterocycles. The Bertz CT molecular complexity index is 805. The number of nitrogens with zero attached hydrogens (tertiary/aromatic N) is 2. The number of rotatable bonds is 2. The average Bonchev–Trinajstić information content (AvgIpc) is 2.82. The van der Waals surface area contributed by atoms with Crippen molar-refractivity contribution in [2.45, 2.75) is 25.0 Å². The first-order valence-electron chi connectivity index (χ1n) is 6.14. The van der Waals surface area contributed by atoms with Crippen LogP contribution >= 0.6 is 11.8 Å². The molecule has 0 saturated carbocycles. The van der Waals surface area contributed by atoms with Crippen molar-refractivity contribution in [3.8, 4) is 5.75 Å². The molecular weight excluding hydrogens is 276 g/mol. The molecule has 6 heteroatoms. The van der Waals surface area contributed by atoms with Gasteiger partial charge in [0, 0.05) is 11.1 Å². The first-order chi connectivity index (χ1) is 9.42. The fourth-order valence-corrected chi connectivity index (χ4v) is 3.61. The van der Waals surface area contributed by atoms with Crippen molar-refractivity contribution < 1.29 is 5.11 Å². The van der Waals surface area contributed by atoms with Crippen LogP contribution in [0.2, 0.25) is 0 Å². The first kappa shape index (κ1) is 13.1. The van der Waals surface area contributed by atoms with E-state index >= 15 is 0 Å². The molecule has 0 aliphatic carbocycles. The molecule has 1 N–H and O–H groups in total. The number of hydrogen-bond donors (Lipinski definition) is 1. The lowest BCUT2D eigenvalue weighted by Crippen LogP contribution is -2.33. The van der Waals surface area contributed by atoms with Gasteiger partial charge in [0.2, 0.25) is 5.43 Å². The Balaban J connectivity index is 1.93. The van der Waals surface area contributed by atoms with E-state index in [9.17, 15) is 14.7 Å². The van der Waals surface area contributed by atoms with Crippen LogP contribution in [0, 0.1) is 6.92 Å². The topological polar surface area (TPSA) is 80.2 Å². The van der Waals surface area contributed by atoms with Crippen molar-refractivity contribution in [1.82, 2.24) is 9.97 Å². The highest BCUT2D eigenvalue weighted by molar-refractivity contribution is 8.09. The number of thioether (sulfide) groups is 1. The highest BCUT2D eigenvalue weighted by atomic mass is 32.2. The average molecular weight is 288 g/mol. The molecule has 1 aliphatic rings. The van der Waals surface area contributed by atoms with Crippen molar-refractivity contribution in [1.29, 1.82) is 0 Å². The minimum Gasteiger partial charge on any atom is -0.503 e. The summed E-state index contributed by atoms with van der Waals surface area (Å²) in [5.74, 6) is 0.270. The number of aryl methyl sites for hydroxylation is 1. The highest BCUT2D eigenvalue weighted by Crippen LogP contribution is 2.52. The molecule has 3 rings (SSSR count). The van der Waals surface area contributed by atoms with Gasteiger partial charge in [-0.25, -0.2) is 9.97 Å². The van der Waals surface area contributed by atoms with Crippen molar-refractivity contribution in [3.05, 3.63) is 55.9 Å². The largest absolute Gasteiger partial charge is 0.503 e. The van der Waals surface area contributed by atoms with E-state index in [0.29, 0.717) is 17.2 Å². The molecule has 5 nitrogen and oxygen atoms in total. The molecule has 0 radical (unpaired) electrons. The summed E-state index contributed by atoms with van der Waals surface area (Å²) in [5.41, 5.74) is -0.383. The molecule has 102 valence electrons. The molecule has 1 aromatic carbocycles. The van der Waals surface area contributed by atoms with E-state index in [1.807, 2.05) is 26.0 Å². The van der Waals surface area contributed by atoms with Crippen LogP contribution in [-0.2, 0) is 4.75 Å². The summed E-state index contributed by atoms with van der Waals surface area (Å²) in [5, 5.41) is 9.52. The van der Waals surface area contributed by atoms with Crippen LogP contribution in [0.15, 0.2) is 27.9 Å². The zero-order valence-corrected chi connectivity index (χ0v) is 11.8. The zero-order chi connectivity index (χ0) is 14.5. The minimum atomic E-state index is -0.798. The second-order valence-corrected chi connectivity index (χ2v) is 6.52. The SMILES string of the molecule is Cc1nccc(C2(C)CC=C(c3c(O)c(=O)c3=O)S2)n1. The maximum atomic E-state index is 11.5. The Kier molecular flexibility index (Phi) is 2.79. The second-order valence-electron chi connectivity index (χ2n) is 4.98. The van der Waals surface area contributed by atoms with Gasteiger partial charge in [0.1, 0.15) is 5.82 Å². The predicted molar refractivity (Wildman–Crippen MR) is 77.3 cm³/mol. The van der Waals surface area contributed by atoms with Gasteiger partial charge >= 0.3 is 0 Å². The van der Waals surface area contributed by atoms with Crippen molar-refractivity contribution in [3.63, 3.8) is 0 Å². The summed E-state index contributed by atoms with van der Waals surface area (Å²) < 4.78 is -0.310. The quantitative estimate of drug-likeness (QED) is 0.843. The Morgan fingerprint density at radius 3 is 2.75 bits per heavy atom. The van der Waals surface area contributed by atoms with Gasteiger partial charge in [0.15, 0.2) is 5.75 Å². The summed E-state index contributed by atoms with van der Waals surface area (Å²) in [6.07, 6.45) is 4.26. The molecule has 2 heterocycles. The molecule has 1 atom stereocenters. The van der Waals surface area contributed by atoms with Gasteiger partial charge in [0.05, 0.1) is 16.0 Å². The fourth-order valence-electron chi connectivity index (χ4n) is 2.28. The molecule has 0 spiro atoms. The molecule has 0 amide bonds. The highest BCUT2D eigenvalue weighted by Gasteiger charge is 2.37.